The Labute approximate surface area is 521 Å². The van der Waals surface area contributed by atoms with Crippen LogP contribution < -0.4 is 41.7 Å². The first-order valence-corrected chi connectivity index (χ1v) is 29.3. The zero-order valence-corrected chi connectivity index (χ0v) is 54.8. The maximum absolute atomic E-state index is 12.0. The highest BCUT2D eigenvalue weighted by atomic mass is 16.5. The number of likely N-dealkylation sites (N-methyl/N-ethyl adjacent to an activating group) is 4. The summed E-state index contributed by atoms with van der Waals surface area (Å²) in [5.41, 5.74) is 27.9. The van der Waals surface area contributed by atoms with E-state index in [0.717, 1.165) is 62.4 Å². The Kier molecular flexibility index (Phi) is 28.2. The van der Waals surface area contributed by atoms with Gasteiger partial charge in [0.1, 0.15) is 0 Å². The molecule has 0 bridgehead atoms. The van der Waals surface area contributed by atoms with Gasteiger partial charge in [-0.05, 0) is 123 Å². The molecule has 0 radical (unpaired) electrons. The summed E-state index contributed by atoms with van der Waals surface area (Å²) in [6.45, 7) is 41.5. The van der Waals surface area contributed by atoms with Crippen molar-refractivity contribution in [2.75, 3.05) is 96.3 Å². The predicted octanol–water partition coefficient (Wildman–Crippen LogP) is 11.4. The van der Waals surface area contributed by atoms with Gasteiger partial charge in [0.15, 0.2) is 0 Å². The molecule has 0 aromatic heterocycles. The number of anilines is 8. The smallest absolute Gasteiger partial charge is 0.306 e. The van der Waals surface area contributed by atoms with E-state index in [1.807, 2.05) is 93.8 Å². The number of hydrogen-bond acceptors (Lipinski definition) is 16. The number of carbonyl (C=O) groups is 6. The molecule has 20 heteroatoms. The Morgan fingerprint density at radius 3 is 0.943 bits per heavy atom. The second kappa shape index (κ2) is 32.9. The molecule has 2 amide bonds. The van der Waals surface area contributed by atoms with Gasteiger partial charge in [-0.3, -0.25) is 28.8 Å². The summed E-state index contributed by atoms with van der Waals surface area (Å²) < 4.78 is 9.31. The minimum atomic E-state index is -0.979. The second-order valence-electron chi connectivity index (χ2n) is 23.2. The molecular weight excluding hydrogens is 1120 g/mol. The molecule has 10 N–H and O–H groups in total. The van der Waals surface area contributed by atoms with Gasteiger partial charge >= 0.3 is 23.9 Å². The van der Waals surface area contributed by atoms with Crippen molar-refractivity contribution < 1.29 is 58.7 Å². The van der Waals surface area contributed by atoms with Crippen molar-refractivity contribution in [3.8, 4) is 0 Å². The maximum atomic E-state index is 12.0. The first kappa shape index (κ1) is 75.5. The summed E-state index contributed by atoms with van der Waals surface area (Å²) >= 11 is 0. The topological polar surface area (TPSA) is 291 Å². The van der Waals surface area contributed by atoms with Crippen LogP contribution in [-0.2, 0) is 59.9 Å². The van der Waals surface area contributed by atoms with Gasteiger partial charge in [0.2, 0.25) is 11.8 Å². The van der Waals surface area contributed by atoms with Crippen LogP contribution in [0.5, 0.6) is 0 Å². The van der Waals surface area contributed by atoms with Crippen molar-refractivity contribution in [2.45, 2.75) is 143 Å². The van der Waals surface area contributed by atoms with E-state index in [-0.39, 0.29) is 91.2 Å². The van der Waals surface area contributed by atoms with E-state index in [1.165, 1.54) is 22.5 Å². The third kappa shape index (κ3) is 19.4. The van der Waals surface area contributed by atoms with Crippen LogP contribution in [0.2, 0.25) is 0 Å². The molecule has 0 unspecified atom stereocenters. The number of allylic oxidation sites excluding steroid dienone is 4. The molecule has 482 valence electrons. The number of aliphatic carboxylic acids is 2. The van der Waals surface area contributed by atoms with Crippen molar-refractivity contribution in [3.63, 3.8) is 0 Å². The highest BCUT2D eigenvalue weighted by molar-refractivity contribution is 5.94. The van der Waals surface area contributed by atoms with Crippen molar-refractivity contribution >= 4 is 81.2 Å². The summed E-state index contributed by atoms with van der Waals surface area (Å²) in [4.78, 5) is 74.2. The van der Waals surface area contributed by atoms with Gasteiger partial charge in [0.25, 0.3) is 0 Å². The molecule has 4 aromatic carbocycles. The number of carboxylic acids is 2. The number of esters is 2. The number of aliphatic hydroxyl groups excluding tert-OH is 2. The van der Waals surface area contributed by atoms with E-state index in [1.54, 1.807) is 27.7 Å². The lowest BCUT2D eigenvalue weighted by Gasteiger charge is -2.22. The number of benzene rings is 4. The molecule has 0 spiro atoms. The monoisotopic (exact) mass is 1220 g/mol. The molecule has 88 heavy (non-hydrogen) atoms. The number of ether oxygens (including phenoxy) is 2. The minimum Gasteiger partial charge on any atom is -0.481 e. The van der Waals surface area contributed by atoms with Crippen molar-refractivity contribution in [2.24, 2.45) is 0 Å². The largest absolute Gasteiger partial charge is 0.481 e. The fraction of sp³-hybridized carbons (Fsp3) is 0.441. The number of carbonyl (C=O) groups excluding carboxylic acids is 4. The Morgan fingerprint density at radius 2 is 0.670 bits per heavy atom. The molecule has 20 nitrogen and oxygen atoms in total. The van der Waals surface area contributed by atoms with Gasteiger partial charge < -0.3 is 71.6 Å². The molecule has 8 rings (SSSR count). The predicted molar refractivity (Wildman–Crippen MR) is 356 cm³/mol. The van der Waals surface area contributed by atoms with Crippen molar-refractivity contribution in [3.05, 3.63) is 144 Å². The van der Waals surface area contributed by atoms with E-state index >= 15 is 0 Å². The van der Waals surface area contributed by atoms with Gasteiger partial charge in [0, 0.05) is 144 Å². The quantitative estimate of drug-likeness (QED) is 0.0456. The van der Waals surface area contributed by atoms with Crippen LogP contribution in [0, 0.1) is 0 Å². The van der Waals surface area contributed by atoms with Gasteiger partial charge in [-0.15, -0.1) is 0 Å². The lowest BCUT2D eigenvalue weighted by atomic mass is 9.84. The molecule has 4 aliphatic rings. The highest BCUT2D eigenvalue weighted by Crippen LogP contribution is 2.50. The molecule has 0 aliphatic carbocycles. The van der Waals surface area contributed by atoms with Gasteiger partial charge in [-0.25, -0.2) is 0 Å². The molecular formula is C68H98N8O12. The Balaban J connectivity index is 0.000000375. The molecule has 0 saturated carbocycles. The molecule has 0 atom stereocenters. The summed E-state index contributed by atoms with van der Waals surface area (Å²) in [7, 11) is 8.06. The number of rotatable bonds is 13. The van der Waals surface area contributed by atoms with E-state index in [2.05, 4.69) is 124 Å². The van der Waals surface area contributed by atoms with Gasteiger partial charge in [0.05, 0.1) is 38.9 Å². The van der Waals surface area contributed by atoms with Crippen LogP contribution in [0.4, 0.5) is 45.5 Å². The normalized spacial score (nSPS) is 15.1. The number of aliphatic hydroxyl groups is 2. The average Bonchev–Trinajstić information content (AvgIpc) is 1.66. The van der Waals surface area contributed by atoms with Crippen LogP contribution in [0.3, 0.4) is 0 Å². The third-order valence-corrected chi connectivity index (χ3v) is 15.5. The standard InChI is InChI=1S/C18H24N2O3.C16H20N2O3.2C12H16N2.C6H10O4.2C2H6O/c1-6-23-17(22)10-9-16(21)19-13-7-8-15-14(11-13)18(3,4)12(2)20(15)5;1-10-16(2,3)12-9-11(5-6-13(12)18(10)4)17-14(19)7-8-15(20)21;2*1-8-12(2,3)10-7-9(13)5-6-11(10)14(8)4;1-2-10-6(9)4-3-5(7)8;2*1-2-3/h7-8,11H,2,6,9-10H2,1,3-5H3,(H,19,21);5-6,9H,1,7-8H2,2-4H3,(H,17,19)(H,20,21);2*5-7H,1,13H2,2-4H3;2-4H2,1H3,(H,7,8);2*3H,2H2,1H3. The van der Waals surface area contributed by atoms with Gasteiger partial charge in [-0.1, -0.05) is 81.7 Å². The number of fused-ring (bicyclic) bond motifs is 4. The lowest BCUT2D eigenvalue weighted by molar-refractivity contribution is -0.147. The molecule has 0 fully saturated rings. The maximum Gasteiger partial charge on any atom is 0.306 e. The highest BCUT2D eigenvalue weighted by Gasteiger charge is 2.40. The zero-order chi connectivity index (χ0) is 67.4. The first-order valence-electron chi connectivity index (χ1n) is 29.3. The molecule has 4 heterocycles. The van der Waals surface area contributed by atoms with Gasteiger partial charge in [-0.2, -0.15) is 0 Å². The lowest BCUT2D eigenvalue weighted by Crippen LogP contribution is -2.21. The Bertz CT molecular complexity index is 3100. The second-order valence-corrected chi connectivity index (χ2v) is 23.2. The Hall–Kier alpha value is -8.62. The summed E-state index contributed by atoms with van der Waals surface area (Å²) in [6.07, 6.45) is -0.173. The van der Waals surface area contributed by atoms with Crippen LogP contribution in [0.1, 0.15) is 144 Å². The number of carboxylic acid groups (broad SMARTS) is 2. The third-order valence-electron chi connectivity index (χ3n) is 15.5. The molecule has 0 saturated heterocycles. The SMILES string of the molecule is C=C1N(C)c2ccc(N)cc2C1(C)C.C=C1N(C)c2ccc(N)cc2C1(C)C.C=C1N(C)c2ccc(NC(=O)CCC(=O)O)cc2C1(C)C.C=C1N(C)c2ccc(NC(=O)CCC(=O)OCC)cc2C1(C)C.CCO.CCO.CCOC(=O)CCC(=O)O. The summed E-state index contributed by atoms with van der Waals surface area (Å²) in [5.74, 6) is -3.24. The number of amides is 2. The minimum absolute atomic E-state index is 0.000532. The van der Waals surface area contributed by atoms with Crippen molar-refractivity contribution in [1.29, 1.82) is 0 Å². The summed E-state index contributed by atoms with van der Waals surface area (Å²) in [5, 5.41) is 37.4. The Morgan fingerprint density at radius 1 is 0.432 bits per heavy atom. The number of nitrogen functional groups attached to an aromatic ring is 2. The van der Waals surface area contributed by atoms with Crippen LogP contribution in [-0.4, -0.2) is 111 Å². The molecule has 4 aliphatic heterocycles. The van der Waals surface area contributed by atoms with Crippen LogP contribution >= 0.6 is 0 Å². The number of nitrogens with two attached hydrogens (primary N) is 2. The average molecular weight is 1220 g/mol. The van der Waals surface area contributed by atoms with E-state index in [0.29, 0.717) is 18.9 Å². The summed E-state index contributed by atoms with van der Waals surface area (Å²) in [6, 6.07) is 23.6. The van der Waals surface area contributed by atoms with Crippen LogP contribution in [0.15, 0.2) is 122 Å². The number of hydrogen-bond donors (Lipinski definition) is 8. The first-order chi connectivity index (χ1) is 40.9. The van der Waals surface area contributed by atoms with Crippen molar-refractivity contribution in [1.82, 2.24) is 0 Å². The zero-order valence-electron chi connectivity index (χ0n) is 54.8. The van der Waals surface area contributed by atoms with E-state index < -0.39 is 17.9 Å². The van der Waals surface area contributed by atoms with Crippen LogP contribution in [0.25, 0.3) is 0 Å². The van der Waals surface area contributed by atoms with E-state index in [9.17, 15) is 28.8 Å². The van der Waals surface area contributed by atoms with E-state index in [4.69, 9.17) is 36.6 Å². The number of nitrogens with zero attached hydrogens (tertiary/aromatic N) is 4. The fourth-order valence-electron chi connectivity index (χ4n) is 9.95. The molecule has 4 aromatic rings. The number of nitrogens with one attached hydrogen (secondary N) is 2. The fourth-order valence-corrected chi connectivity index (χ4v) is 9.95.